The van der Waals surface area contributed by atoms with Crippen LogP contribution in [0.25, 0.3) is 11.1 Å². The van der Waals surface area contributed by atoms with E-state index in [0.29, 0.717) is 22.7 Å². The van der Waals surface area contributed by atoms with Crippen LogP contribution < -0.4 is 10.1 Å². The highest BCUT2D eigenvalue weighted by molar-refractivity contribution is 6.06. The fourth-order valence-electron chi connectivity index (χ4n) is 2.66. The van der Waals surface area contributed by atoms with Crippen LogP contribution in [0.4, 0.5) is 5.69 Å². The quantitative estimate of drug-likeness (QED) is 0.551. The van der Waals surface area contributed by atoms with Crippen molar-refractivity contribution in [1.82, 2.24) is 15.2 Å². The molecule has 6 nitrogen and oxygen atoms in total. The lowest BCUT2D eigenvalue weighted by molar-refractivity contribution is 0.102. The first-order chi connectivity index (χ1) is 13.3. The minimum Gasteiger partial charge on any atom is -0.455 e. The van der Waals surface area contributed by atoms with Gasteiger partial charge in [0.2, 0.25) is 0 Å². The first kappa shape index (κ1) is 16.5. The van der Waals surface area contributed by atoms with E-state index in [1.165, 1.54) is 0 Å². The summed E-state index contributed by atoms with van der Waals surface area (Å²) >= 11 is 0. The third kappa shape index (κ3) is 3.85. The topological polar surface area (TPSA) is 79.9 Å². The molecule has 27 heavy (non-hydrogen) atoms. The molecule has 0 saturated carbocycles. The Bertz CT molecular complexity index is 1050. The highest BCUT2D eigenvalue weighted by Crippen LogP contribution is 2.26. The SMILES string of the molecule is O=C(Nc1cccc(-c2cn[nH]c2)c1)c1ccccc1Oc1cccnc1. The number of aromatic amines is 1. The molecule has 0 aliphatic rings. The third-order valence-electron chi connectivity index (χ3n) is 3.95. The smallest absolute Gasteiger partial charge is 0.259 e. The summed E-state index contributed by atoms with van der Waals surface area (Å²) in [4.78, 5) is 16.8. The number of rotatable bonds is 5. The Morgan fingerprint density at radius 1 is 0.963 bits per heavy atom. The van der Waals surface area contributed by atoms with Crippen LogP contribution in [-0.4, -0.2) is 21.1 Å². The van der Waals surface area contributed by atoms with E-state index in [-0.39, 0.29) is 5.91 Å². The molecule has 132 valence electrons. The zero-order chi connectivity index (χ0) is 18.5. The lowest BCUT2D eigenvalue weighted by atomic mass is 10.1. The minimum absolute atomic E-state index is 0.251. The third-order valence-corrected chi connectivity index (χ3v) is 3.95. The molecule has 2 N–H and O–H groups in total. The number of ether oxygens (including phenoxy) is 1. The number of nitrogens with zero attached hydrogens (tertiary/aromatic N) is 2. The van der Waals surface area contributed by atoms with Crippen LogP contribution in [0, 0.1) is 0 Å². The van der Waals surface area contributed by atoms with Crippen molar-refractivity contribution in [3.63, 3.8) is 0 Å². The second-order valence-electron chi connectivity index (χ2n) is 5.81. The number of hydrogen-bond acceptors (Lipinski definition) is 4. The summed E-state index contributed by atoms with van der Waals surface area (Å²) in [5.74, 6) is 0.785. The van der Waals surface area contributed by atoms with Crippen molar-refractivity contribution in [2.24, 2.45) is 0 Å². The minimum atomic E-state index is -0.251. The van der Waals surface area contributed by atoms with Gasteiger partial charge >= 0.3 is 0 Å². The van der Waals surface area contributed by atoms with Crippen molar-refractivity contribution in [3.05, 3.63) is 91.0 Å². The second kappa shape index (κ2) is 7.53. The average molecular weight is 356 g/mol. The maximum atomic E-state index is 12.8. The molecule has 4 aromatic rings. The molecule has 0 fully saturated rings. The normalized spacial score (nSPS) is 10.4. The Hall–Kier alpha value is -3.93. The van der Waals surface area contributed by atoms with Gasteiger partial charge in [-0.1, -0.05) is 24.3 Å². The number of pyridine rings is 1. The first-order valence-corrected chi connectivity index (χ1v) is 8.37. The molecule has 0 aliphatic carbocycles. The predicted octanol–water partition coefficient (Wildman–Crippen LogP) is 4.52. The molecular formula is C21H16N4O2. The summed E-state index contributed by atoms with van der Waals surface area (Å²) < 4.78 is 5.82. The van der Waals surface area contributed by atoms with E-state index < -0.39 is 0 Å². The molecule has 1 amide bonds. The summed E-state index contributed by atoms with van der Waals surface area (Å²) in [6.07, 6.45) is 6.80. The summed E-state index contributed by atoms with van der Waals surface area (Å²) in [6.45, 7) is 0. The van der Waals surface area contributed by atoms with E-state index in [2.05, 4.69) is 20.5 Å². The highest BCUT2D eigenvalue weighted by atomic mass is 16.5. The molecule has 0 atom stereocenters. The Kier molecular flexibility index (Phi) is 4.61. The number of carbonyl (C=O) groups excluding carboxylic acids is 1. The van der Waals surface area contributed by atoms with Gasteiger partial charge in [-0.2, -0.15) is 5.10 Å². The van der Waals surface area contributed by atoms with E-state index in [0.717, 1.165) is 11.1 Å². The van der Waals surface area contributed by atoms with Gasteiger partial charge in [-0.25, -0.2) is 0 Å². The standard InChI is InChI=1S/C21H16N4O2/c26-21(25-17-6-3-5-15(11-17)16-12-23-24-13-16)19-8-1-2-9-20(19)27-18-7-4-10-22-14-18/h1-14H,(H,23,24)(H,25,26). The van der Waals surface area contributed by atoms with Gasteiger partial charge in [-0.05, 0) is 42.0 Å². The van der Waals surface area contributed by atoms with Gasteiger partial charge in [0, 0.05) is 23.6 Å². The lowest BCUT2D eigenvalue weighted by Crippen LogP contribution is -2.13. The van der Waals surface area contributed by atoms with Crippen molar-refractivity contribution in [1.29, 1.82) is 0 Å². The van der Waals surface area contributed by atoms with Crippen molar-refractivity contribution in [3.8, 4) is 22.6 Å². The summed E-state index contributed by atoms with van der Waals surface area (Å²) in [5, 5.41) is 9.66. The Morgan fingerprint density at radius 2 is 1.89 bits per heavy atom. The van der Waals surface area contributed by atoms with Crippen LogP contribution in [-0.2, 0) is 0 Å². The number of H-pyrrole nitrogens is 1. The van der Waals surface area contributed by atoms with Crippen LogP contribution in [0.5, 0.6) is 11.5 Å². The maximum absolute atomic E-state index is 12.8. The number of carbonyl (C=O) groups is 1. The van der Waals surface area contributed by atoms with E-state index in [9.17, 15) is 4.79 Å². The van der Waals surface area contributed by atoms with E-state index in [1.807, 2.05) is 30.3 Å². The van der Waals surface area contributed by atoms with Gasteiger partial charge in [-0.15, -0.1) is 0 Å². The van der Waals surface area contributed by atoms with E-state index >= 15 is 0 Å². The Morgan fingerprint density at radius 3 is 2.70 bits per heavy atom. The first-order valence-electron chi connectivity index (χ1n) is 8.37. The molecule has 0 radical (unpaired) electrons. The van der Waals surface area contributed by atoms with Crippen LogP contribution in [0.3, 0.4) is 0 Å². The van der Waals surface area contributed by atoms with Gasteiger partial charge in [-0.3, -0.25) is 14.9 Å². The molecule has 0 aliphatic heterocycles. The molecule has 4 rings (SSSR count). The van der Waals surface area contributed by atoms with Gasteiger partial charge in [0.1, 0.15) is 11.5 Å². The van der Waals surface area contributed by atoms with Gasteiger partial charge < -0.3 is 10.1 Å². The number of nitrogens with one attached hydrogen (secondary N) is 2. The monoisotopic (exact) mass is 356 g/mol. The molecule has 2 heterocycles. The fraction of sp³-hybridized carbons (Fsp3) is 0. The number of amides is 1. The highest BCUT2D eigenvalue weighted by Gasteiger charge is 2.13. The zero-order valence-electron chi connectivity index (χ0n) is 14.3. The van der Waals surface area contributed by atoms with Gasteiger partial charge in [0.15, 0.2) is 0 Å². The van der Waals surface area contributed by atoms with E-state index in [4.69, 9.17) is 4.74 Å². The number of benzene rings is 2. The Labute approximate surface area is 155 Å². The molecule has 0 bridgehead atoms. The number of hydrogen-bond donors (Lipinski definition) is 2. The van der Waals surface area contributed by atoms with Crippen molar-refractivity contribution >= 4 is 11.6 Å². The number of para-hydroxylation sites is 1. The van der Waals surface area contributed by atoms with Crippen LogP contribution in [0.15, 0.2) is 85.5 Å². The van der Waals surface area contributed by atoms with Gasteiger partial charge in [0.05, 0.1) is 18.0 Å². The molecule has 0 spiro atoms. The zero-order valence-corrected chi connectivity index (χ0v) is 14.3. The largest absolute Gasteiger partial charge is 0.455 e. The van der Waals surface area contributed by atoms with Crippen LogP contribution >= 0.6 is 0 Å². The summed E-state index contributed by atoms with van der Waals surface area (Å²) in [5.41, 5.74) is 3.04. The predicted molar refractivity (Wildman–Crippen MR) is 103 cm³/mol. The van der Waals surface area contributed by atoms with Crippen LogP contribution in [0.2, 0.25) is 0 Å². The van der Waals surface area contributed by atoms with Crippen molar-refractivity contribution < 1.29 is 9.53 Å². The molecule has 0 unspecified atom stereocenters. The summed E-state index contributed by atoms with van der Waals surface area (Å²) in [7, 11) is 0. The van der Waals surface area contributed by atoms with Crippen molar-refractivity contribution in [2.45, 2.75) is 0 Å². The van der Waals surface area contributed by atoms with Crippen LogP contribution in [0.1, 0.15) is 10.4 Å². The molecule has 2 aromatic carbocycles. The average Bonchev–Trinajstić information content (AvgIpc) is 3.24. The molecular weight excluding hydrogens is 340 g/mol. The van der Waals surface area contributed by atoms with Crippen molar-refractivity contribution in [2.75, 3.05) is 5.32 Å². The van der Waals surface area contributed by atoms with Gasteiger partial charge in [0.25, 0.3) is 5.91 Å². The van der Waals surface area contributed by atoms with E-state index in [1.54, 1.807) is 55.1 Å². The molecule has 0 saturated heterocycles. The number of anilines is 1. The summed E-state index contributed by atoms with van der Waals surface area (Å²) in [6, 6.07) is 18.2. The Balaban J connectivity index is 1.56. The number of aromatic nitrogens is 3. The lowest BCUT2D eigenvalue weighted by Gasteiger charge is -2.11. The second-order valence-corrected chi connectivity index (χ2v) is 5.81. The molecule has 6 heteroatoms. The fourth-order valence-corrected chi connectivity index (χ4v) is 2.66. The maximum Gasteiger partial charge on any atom is 0.259 e. The molecule has 2 aromatic heterocycles.